The van der Waals surface area contributed by atoms with Crippen molar-refractivity contribution in [3.8, 4) is 0 Å². The summed E-state index contributed by atoms with van der Waals surface area (Å²) in [5.74, 6) is -0.503. The van der Waals surface area contributed by atoms with Crippen molar-refractivity contribution in [2.45, 2.75) is 38.0 Å². The van der Waals surface area contributed by atoms with Crippen molar-refractivity contribution in [3.63, 3.8) is 0 Å². The average Bonchev–Trinajstić information content (AvgIpc) is 2.92. The SMILES string of the molecule is CC1(C2CCN(C(=O)NCc3ccc(Cl)c(C(F)(F)F)c3)CC2)NC(=O)NC1=O. The zero-order valence-electron chi connectivity index (χ0n) is 15.5. The molecule has 0 spiro atoms. The molecule has 0 bridgehead atoms. The third-order valence-corrected chi connectivity index (χ3v) is 5.78. The first-order chi connectivity index (χ1) is 13.5. The molecule has 0 aromatic heterocycles. The van der Waals surface area contributed by atoms with E-state index >= 15 is 0 Å². The third kappa shape index (κ3) is 4.42. The zero-order valence-corrected chi connectivity index (χ0v) is 16.3. The lowest BCUT2D eigenvalue weighted by molar-refractivity contribution is -0.137. The van der Waals surface area contributed by atoms with Crippen LogP contribution in [0, 0.1) is 5.92 Å². The van der Waals surface area contributed by atoms with Gasteiger partial charge in [-0.25, -0.2) is 9.59 Å². The van der Waals surface area contributed by atoms with Gasteiger partial charge in [0.15, 0.2) is 0 Å². The molecule has 1 atom stereocenters. The molecule has 3 rings (SSSR count). The molecular formula is C18H20ClF3N4O3. The molecule has 2 fully saturated rings. The van der Waals surface area contributed by atoms with Crippen LogP contribution in [0.3, 0.4) is 0 Å². The number of alkyl halides is 3. The van der Waals surface area contributed by atoms with E-state index in [1.165, 1.54) is 11.0 Å². The van der Waals surface area contributed by atoms with Gasteiger partial charge in [-0.05, 0) is 43.4 Å². The van der Waals surface area contributed by atoms with E-state index in [2.05, 4.69) is 16.0 Å². The number of piperidine rings is 1. The highest BCUT2D eigenvalue weighted by Crippen LogP contribution is 2.35. The minimum absolute atomic E-state index is 0.0742. The van der Waals surface area contributed by atoms with Crippen LogP contribution in [0.15, 0.2) is 18.2 Å². The number of hydrogen-bond acceptors (Lipinski definition) is 3. The third-order valence-electron chi connectivity index (χ3n) is 5.45. The Hall–Kier alpha value is -2.49. The van der Waals surface area contributed by atoms with Crippen LogP contribution in [0.5, 0.6) is 0 Å². The van der Waals surface area contributed by atoms with Gasteiger partial charge in [0.05, 0.1) is 10.6 Å². The van der Waals surface area contributed by atoms with Gasteiger partial charge in [-0.3, -0.25) is 10.1 Å². The van der Waals surface area contributed by atoms with E-state index in [9.17, 15) is 27.6 Å². The summed E-state index contributed by atoms with van der Waals surface area (Å²) in [4.78, 5) is 37.3. The molecule has 3 N–H and O–H groups in total. The van der Waals surface area contributed by atoms with Gasteiger partial charge in [0.25, 0.3) is 5.91 Å². The first-order valence-electron chi connectivity index (χ1n) is 9.02. The van der Waals surface area contributed by atoms with Crippen molar-refractivity contribution >= 4 is 29.6 Å². The Morgan fingerprint density at radius 2 is 1.97 bits per heavy atom. The number of carbonyl (C=O) groups is 3. The number of halogens is 4. The van der Waals surface area contributed by atoms with Crippen molar-refractivity contribution in [2.75, 3.05) is 13.1 Å². The van der Waals surface area contributed by atoms with Crippen molar-refractivity contribution in [3.05, 3.63) is 34.3 Å². The van der Waals surface area contributed by atoms with E-state index in [-0.39, 0.29) is 23.9 Å². The summed E-state index contributed by atoms with van der Waals surface area (Å²) in [5, 5.41) is 7.07. The topological polar surface area (TPSA) is 90.5 Å². The fourth-order valence-corrected chi connectivity index (χ4v) is 3.92. The lowest BCUT2D eigenvalue weighted by Gasteiger charge is -2.38. The van der Waals surface area contributed by atoms with Crippen molar-refractivity contribution in [2.24, 2.45) is 5.92 Å². The summed E-state index contributed by atoms with van der Waals surface area (Å²) in [7, 11) is 0. The summed E-state index contributed by atoms with van der Waals surface area (Å²) < 4.78 is 38.8. The Kier molecular flexibility index (Phi) is 5.66. The molecule has 2 saturated heterocycles. The maximum atomic E-state index is 12.9. The van der Waals surface area contributed by atoms with Gasteiger partial charge >= 0.3 is 18.2 Å². The largest absolute Gasteiger partial charge is 0.417 e. The Bertz CT molecular complexity index is 840. The van der Waals surface area contributed by atoms with Crippen LogP contribution in [0.1, 0.15) is 30.9 Å². The van der Waals surface area contributed by atoms with Crippen LogP contribution < -0.4 is 16.0 Å². The highest BCUT2D eigenvalue weighted by molar-refractivity contribution is 6.31. The molecule has 0 aliphatic carbocycles. The molecule has 2 heterocycles. The van der Waals surface area contributed by atoms with E-state index in [0.717, 1.165) is 12.1 Å². The summed E-state index contributed by atoms with van der Waals surface area (Å²) in [6.07, 6.45) is -3.55. The van der Waals surface area contributed by atoms with Gasteiger partial charge in [0.1, 0.15) is 5.54 Å². The second-order valence-corrected chi connectivity index (χ2v) is 7.75. The molecule has 7 nitrogen and oxygen atoms in total. The van der Waals surface area contributed by atoms with Crippen LogP contribution in [0.25, 0.3) is 0 Å². The number of nitrogens with one attached hydrogen (secondary N) is 3. The Labute approximate surface area is 169 Å². The number of urea groups is 2. The molecule has 11 heteroatoms. The number of hydrogen-bond donors (Lipinski definition) is 3. The second-order valence-electron chi connectivity index (χ2n) is 7.34. The zero-order chi connectivity index (χ0) is 21.4. The molecule has 1 unspecified atom stereocenters. The standard InChI is InChI=1S/C18H20ClF3N4O3/c1-17(14(27)24-15(28)25-17)11-4-6-26(7-5-11)16(29)23-9-10-2-3-13(19)12(8-10)18(20,21)22/h2-3,8,11H,4-7,9H2,1H3,(H,23,29)(H2,24,25,27,28). The number of imide groups is 1. The van der Waals surface area contributed by atoms with Crippen molar-refractivity contribution in [1.82, 2.24) is 20.9 Å². The molecule has 2 aliphatic rings. The first-order valence-corrected chi connectivity index (χ1v) is 9.40. The number of carbonyl (C=O) groups excluding carboxylic acids is 3. The molecule has 29 heavy (non-hydrogen) atoms. The van der Waals surface area contributed by atoms with Gasteiger partial charge in [-0.2, -0.15) is 13.2 Å². The van der Waals surface area contributed by atoms with E-state index in [4.69, 9.17) is 11.6 Å². The number of amides is 5. The maximum absolute atomic E-state index is 12.9. The smallest absolute Gasteiger partial charge is 0.334 e. The van der Waals surface area contributed by atoms with E-state index in [1.54, 1.807) is 6.92 Å². The number of benzene rings is 1. The monoisotopic (exact) mass is 432 g/mol. The molecule has 2 aliphatic heterocycles. The van der Waals surface area contributed by atoms with Crippen LogP contribution in [0.2, 0.25) is 5.02 Å². The van der Waals surface area contributed by atoms with Gasteiger partial charge < -0.3 is 15.5 Å². The summed E-state index contributed by atoms with van der Waals surface area (Å²) in [5.41, 5.74) is -1.67. The van der Waals surface area contributed by atoms with Crippen molar-refractivity contribution < 1.29 is 27.6 Å². The first kappa shape index (κ1) is 21.2. The lowest BCUT2D eigenvalue weighted by Crippen LogP contribution is -2.55. The van der Waals surface area contributed by atoms with Crippen LogP contribution in [-0.2, 0) is 17.5 Å². The fourth-order valence-electron chi connectivity index (χ4n) is 3.69. The molecule has 0 saturated carbocycles. The normalized spacial score (nSPS) is 23.0. The van der Waals surface area contributed by atoms with Crippen LogP contribution in [-0.4, -0.2) is 41.5 Å². The molecule has 1 aromatic rings. The second kappa shape index (κ2) is 7.74. The minimum Gasteiger partial charge on any atom is -0.334 e. The summed E-state index contributed by atoms with van der Waals surface area (Å²) in [6.45, 7) is 2.31. The Morgan fingerprint density at radius 1 is 1.31 bits per heavy atom. The van der Waals surface area contributed by atoms with Gasteiger partial charge in [0.2, 0.25) is 0 Å². The quantitative estimate of drug-likeness (QED) is 0.641. The van der Waals surface area contributed by atoms with Gasteiger partial charge in [-0.15, -0.1) is 0 Å². The highest BCUT2D eigenvalue weighted by Gasteiger charge is 2.48. The maximum Gasteiger partial charge on any atom is 0.417 e. The fraction of sp³-hybridized carbons (Fsp3) is 0.500. The number of rotatable bonds is 3. The number of nitrogens with zero attached hydrogens (tertiary/aromatic N) is 1. The molecular weight excluding hydrogens is 413 g/mol. The van der Waals surface area contributed by atoms with Gasteiger partial charge in [-0.1, -0.05) is 17.7 Å². The molecule has 158 valence electrons. The highest BCUT2D eigenvalue weighted by atomic mass is 35.5. The van der Waals surface area contributed by atoms with E-state index < -0.39 is 34.4 Å². The number of likely N-dealkylation sites (tertiary alicyclic amines) is 1. The molecule has 5 amide bonds. The summed E-state index contributed by atoms with van der Waals surface area (Å²) >= 11 is 5.59. The Morgan fingerprint density at radius 3 is 2.52 bits per heavy atom. The molecule has 1 aromatic carbocycles. The molecule has 0 radical (unpaired) electrons. The Balaban J connectivity index is 1.54. The van der Waals surface area contributed by atoms with E-state index in [1.807, 2.05) is 0 Å². The van der Waals surface area contributed by atoms with Crippen LogP contribution in [0.4, 0.5) is 22.8 Å². The summed E-state index contributed by atoms with van der Waals surface area (Å²) in [6, 6.07) is 2.55. The predicted molar refractivity (Wildman–Crippen MR) is 98.1 cm³/mol. The van der Waals surface area contributed by atoms with Gasteiger partial charge in [0, 0.05) is 19.6 Å². The lowest BCUT2D eigenvalue weighted by atomic mass is 9.79. The average molecular weight is 433 g/mol. The van der Waals surface area contributed by atoms with Crippen LogP contribution >= 0.6 is 11.6 Å². The van der Waals surface area contributed by atoms with E-state index in [0.29, 0.717) is 25.9 Å². The minimum atomic E-state index is -4.57. The van der Waals surface area contributed by atoms with Crippen molar-refractivity contribution in [1.29, 1.82) is 0 Å². The predicted octanol–water partition coefficient (Wildman–Crippen LogP) is 2.88.